The molecule has 192 valence electrons. The summed E-state index contributed by atoms with van der Waals surface area (Å²) in [6.45, 7) is 0.0556. The Morgan fingerprint density at radius 2 is 1.89 bits per heavy atom. The van der Waals surface area contributed by atoms with E-state index in [0.717, 1.165) is 4.90 Å². The average Bonchev–Trinajstić information content (AvgIpc) is 2.92. The molecule has 7 nitrogen and oxygen atoms in total. The fourth-order valence-corrected chi connectivity index (χ4v) is 4.33. The van der Waals surface area contributed by atoms with Gasteiger partial charge in [-0.15, -0.1) is 49.7 Å². The molecule has 1 aliphatic heterocycles. The standard InChI is InChI=1S/C23H19F3N4O3S.2ClH/c24-23(25,26)33-17-6-3-14(4-7-17)12-30-19-10-15(21(31)29-16-2-1-9-28-11-16)5-8-20(19)34-13-18(27)22(30)32;;/h1-11,18H,12-13,27H2,(H,29,31);2*1H/t18-;;/m0../s1. The zero-order chi connectivity index (χ0) is 24.3. The number of ether oxygens (including phenoxy) is 1. The smallest absolute Gasteiger partial charge is 0.406 e. The van der Waals surface area contributed by atoms with E-state index in [0.29, 0.717) is 28.3 Å². The van der Waals surface area contributed by atoms with E-state index in [9.17, 15) is 22.8 Å². The van der Waals surface area contributed by atoms with Gasteiger partial charge in [-0.2, -0.15) is 0 Å². The quantitative estimate of drug-likeness (QED) is 0.453. The molecule has 4 rings (SSSR count). The summed E-state index contributed by atoms with van der Waals surface area (Å²) in [5.41, 5.74) is 7.96. The summed E-state index contributed by atoms with van der Waals surface area (Å²) >= 11 is 1.39. The third-order valence-electron chi connectivity index (χ3n) is 4.93. The van der Waals surface area contributed by atoms with Gasteiger partial charge in [-0.25, -0.2) is 0 Å². The summed E-state index contributed by atoms with van der Waals surface area (Å²) in [4.78, 5) is 32.0. The van der Waals surface area contributed by atoms with Crippen molar-refractivity contribution < 1.29 is 27.5 Å². The lowest BCUT2D eigenvalue weighted by Gasteiger charge is -2.25. The minimum Gasteiger partial charge on any atom is -0.406 e. The summed E-state index contributed by atoms with van der Waals surface area (Å²) in [6, 6.07) is 12.9. The average molecular weight is 561 g/mol. The van der Waals surface area contributed by atoms with Crippen molar-refractivity contribution in [3.63, 3.8) is 0 Å². The van der Waals surface area contributed by atoms with Crippen molar-refractivity contribution in [2.24, 2.45) is 5.73 Å². The number of aromatic nitrogens is 1. The molecule has 0 saturated heterocycles. The Kier molecular flexibility index (Phi) is 10.00. The first-order chi connectivity index (χ1) is 16.2. The van der Waals surface area contributed by atoms with Gasteiger partial charge < -0.3 is 20.7 Å². The maximum absolute atomic E-state index is 13.0. The lowest BCUT2D eigenvalue weighted by Crippen LogP contribution is -2.44. The second-order valence-corrected chi connectivity index (χ2v) is 8.47. The monoisotopic (exact) mass is 560 g/mol. The molecule has 1 atom stereocenters. The van der Waals surface area contributed by atoms with Crippen molar-refractivity contribution in [1.82, 2.24) is 4.98 Å². The third-order valence-corrected chi connectivity index (χ3v) is 6.11. The SMILES string of the molecule is Cl.Cl.N[C@H]1CSc2ccc(C(=O)Nc3cccnc3)cc2N(Cc2ccc(OC(F)(F)F)cc2)C1=O. The molecule has 1 aliphatic rings. The van der Waals surface area contributed by atoms with Crippen LogP contribution < -0.4 is 20.7 Å². The normalized spacial score (nSPS) is 15.1. The number of thioether (sulfide) groups is 1. The summed E-state index contributed by atoms with van der Waals surface area (Å²) in [5.74, 6) is -0.746. The van der Waals surface area contributed by atoms with Crippen LogP contribution in [0.5, 0.6) is 5.75 Å². The minimum atomic E-state index is -4.79. The van der Waals surface area contributed by atoms with E-state index in [1.165, 1.54) is 47.1 Å². The van der Waals surface area contributed by atoms with Crippen LogP contribution in [0.25, 0.3) is 0 Å². The van der Waals surface area contributed by atoms with Gasteiger partial charge in [-0.1, -0.05) is 12.1 Å². The second kappa shape index (κ2) is 12.3. The maximum atomic E-state index is 13.0. The number of hydrogen-bond acceptors (Lipinski definition) is 6. The predicted molar refractivity (Wildman–Crippen MR) is 136 cm³/mol. The highest BCUT2D eigenvalue weighted by Gasteiger charge is 2.32. The number of rotatable bonds is 5. The van der Waals surface area contributed by atoms with Gasteiger partial charge in [0.1, 0.15) is 5.75 Å². The first-order valence-corrected chi connectivity index (χ1v) is 11.1. The van der Waals surface area contributed by atoms with E-state index in [4.69, 9.17) is 5.73 Å². The van der Waals surface area contributed by atoms with Crippen molar-refractivity contribution >= 4 is 59.8 Å². The van der Waals surface area contributed by atoms with Crippen LogP contribution in [0.4, 0.5) is 24.5 Å². The van der Waals surface area contributed by atoms with E-state index in [1.807, 2.05) is 0 Å². The molecule has 0 unspecified atom stereocenters. The van der Waals surface area contributed by atoms with Gasteiger partial charge in [-0.3, -0.25) is 14.6 Å². The van der Waals surface area contributed by atoms with Gasteiger partial charge in [0.25, 0.3) is 5.91 Å². The molecule has 0 fully saturated rings. The van der Waals surface area contributed by atoms with Crippen LogP contribution >= 0.6 is 36.6 Å². The van der Waals surface area contributed by atoms with Crippen molar-refractivity contribution in [3.05, 3.63) is 78.1 Å². The van der Waals surface area contributed by atoms with Crippen LogP contribution in [0.3, 0.4) is 0 Å². The Morgan fingerprint density at radius 3 is 2.53 bits per heavy atom. The molecule has 3 N–H and O–H groups in total. The highest BCUT2D eigenvalue weighted by Crippen LogP contribution is 2.36. The molecular weight excluding hydrogens is 540 g/mol. The van der Waals surface area contributed by atoms with Crippen molar-refractivity contribution in [3.8, 4) is 5.75 Å². The number of nitrogens with two attached hydrogens (primary N) is 1. The molecule has 1 aromatic heterocycles. The summed E-state index contributed by atoms with van der Waals surface area (Å²) in [6.07, 6.45) is -1.69. The van der Waals surface area contributed by atoms with Gasteiger partial charge in [0.15, 0.2) is 0 Å². The van der Waals surface area contributed by atoms with E-state index >= 15 is 0 Å². The van der Waals surface area contributed by atoms with E-state index in [2.05, 4.69) is 15.0 Å². The number of carbonyl (C=O) groups excluding carboxylic acids is 2. The van der Waals surface area contributed by atoms with Gasteiger partial charge in [0, 0.05) is 22.4 Å². The van der Waals surface area contributed by atoms with Gasteiger partial charge >= 0.3 is 6.36 Å². The minimum absolute atomic E-state index is 0. The molecule has 0 aliphatic carbocycles. The largest absolute Gasteiger partial charge is 0.573 e. The number of benzene rings is 2. The molecule has 2 aromatic carbocycles. The van der Waals surface area contributed by atoms with Crippen molar-refractivity contribution in [1.29, 1.82) is 0 Å². The molecule has 0 spiro atoms. The summed E-state index contributed by atoms with van der Waals surface area (Å²) in [7, 11) is 0. The molecule has 36 heavy (non-hydrogen) atoms. The molecular formula is C23H21Cl2F3N4O3S. The van der Waals surface area contributed by atoms with Crippen molar-refractivity contribution in [2.45, 2.75) is 23.8 Å². The van der Waals surface area contributed by atoms with Crippen LogP contribution in [0.2, 0.25) is 0 Å². The Bertz CT molecular complexity index is 1200. The van der Waals surface area contributed by atoms with Crippen LogP contribution in [-0.2, 0) is 11.3 Å². The maximum Gasteiger partial charge on any atom is 0.573 e. The Hall–Kier alpha value is -2.99. The number of hydrogen-bond donors (Lipinski definition) is 2. The number of carbonyl (C=O) groups is 2. The number of nitrogens with one attached hydrogen (secondary N) is 1. The predicted octanol–water partition coefficient (Wildman–Crippen LogP) is 5.04. The Morgan fingerprint density at radius 1 is 1.17 bits per heavy atom. The molecule has 2 heterocycles. The number of pyridine rings is 1. The molecule has 0 radical (unpaired) electrons. The van der Waals surface area contributed by atoms with Gasteiger partial charge in [-0.05, 0) is 48.0 Å². The number of nitrogens with zero attached hydrogens (tertiary/aromatic N) is 2. The number of fused-ring (bicyclic) bond motifs is 1. The molecule has 3 aromatic rings. The van der Waals surface area contributed by atoms with Crippen LogP contribution in [0.15, 0.2) is 71.9 Å². The number of anilines is 2. The van der Waals surface area contributed by atoms with Crippen molar-refractivity contribution in [2.75, 3.05) is 16.0 Å². The number of amides is 2. The number of halogens is 5. The fourth-order valence-electron chi connectivity index (χ4n) is 3.34. The zero-order valence-electron chi connectivity index (χ0n) is 18.4. The molecule has 2 amide bonds. The van der Waals surface area contributed by atoms with Crippen LogP contribution in [0.1, 0.15) is 15.9 Å². The fraction of sp³-hybridized carbons (Fsp3) is 0.174. The highest BCUT2D eigenvalue weighted by atomic mass is 35.5. The first-order valence-electron chi connectivity index (χ1n) is 10.1. The Labute approximate surface area is 221 Å². The zero-order valence-corrected chi connectivity index (χ0v) is 20.8. The van der Waals surface area contributed by atoms with Crippen LogP contribution in [0, 0.1) is 0 Å². The molecule has 0 bridgehead atoms. The van der Waals surface area contributed by atoms with E-state index < -0.39 is 12.4 Å². The highest BCUT2D eigenvalue weighted by molar-refractivity contribution is 7.99. The molecule has 0 saturated carbocycles. The topological polar surface area (TPSA) is 97.6 Å². The van der Waals surface area contributed by atoms with E-state index in [-0.39, 0.29) is 48.9 Å². The van der Waals surface area contributed by atoms with E-state index in [1.54, 1.807) is 36.5 Å². The summed E-state index contributed by atoms with van der Waals surface area (Å²) in [5, 5.41) is 2.75. The lowest BCUT2D eigenvalue weighted by atomic mass is 10.1. The third kappa shape index (κ3) is 7.26. The number of alkyl halides is 3. The van der Waals surface area contributed by atoms with Crippen LogP contribution in [-0.4, -0.2) is 35.0 Å². The molecule has 13 heteroatoms. The summed E-state index contributed by atoms with van der Waals surface area (Å²) < 4.78 is 41.2. The Balaban J connectivity index is 0.00000228. The van der Waals surface area contributed by atoms with Gasteiger partial charge in [0.05, 0.1) is 30.2 Å². The lowest BCUT2D eigenvalue weighted by molar-refractivity contribution is -0.274. The van der Waals surface area contributed by atoms with Gasteiger partial charge in [0.2, 0.25) is 5.91 Å². The first kappa shape index (κ1) is 29.2. The second-order valence-electron chi connectivity index (χ2n) is 7.41.